The Bertz CT molecular complexity index is 1610. The molecule has 0 radical (unpaired) electrons. The minimum absolute atomic E-state index is 0.00410. The number of hydrogen-bond acceptors (Lipinski definition) is 11. The molecule has 296 valence electrons. The van der Waals surface area contributed by atoms with E-state index in [0.29, 0.717) is 24.7 Å². The first-order valence-corrected chi connectivity index (χ1v) is 18.2. The van der Waals surface area contributed by atoms with E-state index in [1.165, 1.54) is 37.1 Å². The number of phenolic OH excluding ortho intramolecular Hbond substituents is 1. The Morgan fingerprint density at radius 1 is 1.07 bits per heavy atom. The number of fused-ring (bicyclic) bond motifs is 2. The first-order chi connectivity index (χ1) is 25.5. The molecule has 3 amide bonds. The SMILES string of the molecule is CC(=O)CCC1C(=O)NC(C(C)C)C(=O)NC(Cc2cc(O)cc(F)c2)C(=O)N2CCCC(N2)C(=O)O/C(=C(/C)CC=O)CC=CC=CC(O)C(C)C1O. The van der Waals surface area contributed by atoms with Gasteiger partial charge in [0.25, 0.3) is 5.91 Å². The number of carbonyl (C=O) groups is 6. The molecule has 54 heavy (non-hydrogen) atoms. The van der Waals surface area contributed by atoms with E-state index in [-0.39, 0.29) is 55.8 Å². The van der Waals surface area contributed by atoms with Gasteiger partial charge in [-0.05, 0) is 62.3 Å². The zero-order valence-corrected chi connectivity index (χ0v) is 31.4. The van der Waals surface area contributed by atoms with Crippen molar-refractivity contribution >= 4 is 35.8 Å². The number of allylic oxidation sites excluding steroid dienone is 4. The molecule has 1 fully saturated rings. The van der Waals surface area contributed by atoms with Crippen molar-refractivity contribution in [3.05, 3.63) is 65.2 Å². The topological polar surface area (TPSA) is 212 Å². The van der Waals surface area contributed by atoms with Crippen LogP contribution in [0.25, 0.3) is 0 Å². The number of cyclic esters (lactones) is 1. The van der Waals surface area contributed by atoms with E-state index in [9.17, 15) is 48.5 Å². The number of esters is 1. The highest BCUT2D eigenvalue weighted by molar-refractivity contribution is 5.93. The molecule has 6 N–H and O–H groups in total. The number of phenols is 1. The predicted octanol–water partition coefficient (Wildman–Crippen LogP) is 2.46. The first kappa shape index (κ1) is 43.7. The van der Waals surface area contributed by atoms with Crippen molar-refractivity contribution in [3.8, 4) is 5.75 Å². The normalized spacial score (nSPS) is 27.6. The monoisotopic (exact) mass is 756 g/mol. The van der Waals surface area contributed by atoms with Crippen LogP contribution < -0.4 is 16.1 Å². The maximum absolute atomic E-state index is 14.3. The number of Topliss-reactive ketones (excluding diaryl/α,β-unsaturated/α-hetero) is 1. The predicted molar refractivity (Wildman–Crippen MR) is 195 cm³/mol. The lowest BCUT2D eigenvalue weighted by atomic mass is 9.84. The summed E-state index contributed by atoms with van der Waals surface area (Å²) < 4.78 is 20.1. The standard InChI is InChI=1S/C39H53FN4O10/c1-22(2)34-37(51)41-31(20-26-18-27(40)21-28(47)19-26)38(52)44-16-9-10-30(43-44)39(53)54-33(23(3)15-17-45)12-8-6-7-11-32(48)25(5)35(49)29(36(50)42-34)14-13-24(4)46/h6-8,11,17-19,21-22,25,29-32,34-35,43,47-49H,9-10,12-16,20H2,1-5H3,(H,41,51)(H,42,50)/b8-6?,11-7?,33-23-. The lowest BCUT2D eigenvalue weighted by Crippen LogP contribution is -2.62. The van der Waals surface area contributed by atoms with Crippen molar-refractivity contribution in [3.63, 3.8) is 0 Å². The largest absolute Gasteiger partial charge is 0.508 e. The summed E-state index contributed by atoms with van der Waals surface area (Å²) in [7, 11) is 0. The second kappa shape index (κ2) is 20.7. The Morgan fingerprint density at radius 3 is 2.44 bits per heavy atom. The molecule has 1 saturated heterocycles. The molecule has 2 bridgehead atoms. The summed E-state index contributed by atoms with van der Waals surface area (Å²) in [5.74, 6) is -6.79. The van der Waals surface area contributed by atoms with Crippen LogP contribution in [0.15, 0.2) is 53.8 Å². The Kier molecular flexibility index (Phi) is 16.7. The van der Waals surface area contributed by atoms with E-state index in [0.717, 1.165) is 12.1 Å². The van der Waals surface area contributed by atoms with E-state index in [1.54, 1.807) is 32.9 Å². The van der Waals surface area contributed by atoms with Crippen molar-refractivity contribution in [1.82, 2.24) is 21.1 Å². The van der Waals surface area contributed by atoms with Crippen LogP contribution >= 0.6 is 0 Å². The molecule has 0 saturated carbocycles. The van der Waals surface area contributed by atoms with Crippen LogP contribution in [0.2, 0.25) is 0 Å². The van der Waals surface area contributed by atoms with Gasteiger partial charge in [-0.15, -0.1) is 0 Å². The summed E-state index contributed by atoms with van der Waals surface area (Å²) in [6.45, 7) is 7.96. The van der Waals surface area contributed by atoms with Gasteiger partial charge in [0, 0.05) is 44.2 Å². The van der Waals surface area contributed by atoms with Gasteiger partial charge in [-0.2, -0.15) is 0 Å². The van der Waals surface area contributed by atoms with Gasteiger partial charge in [0.1, 0.15) is 47.5 Å². The summed E-state index contributed by atoms with van der Waals surface area (Å²) >= 11 is 0. The second-order valence-electron chi connectivity index (χ2n) is 14.3. The Hall–Kier alpha value is -4.73. The number of amides is 3. The Morgan fingerprint density at radius 2 is 1.80 bits per heavy atom. The number of nitrogens with zero attached hydrogens (tertiary/aromatic N) is 1. The van der Waals surface area contributed by atoms with Crippen LogP contribution in [0, 0.1) is 23.6 Å². The molecule has 1 aromatic rings. The number of rotatable bonds is 8. The number of hydrazine groups is 1. The summed E-state index contributed by atoms with van der Waals surface area (Å²) in [6, 6.07) is -0.394. The number of hydrogen-bond donors (Lipinski definition) is 6. The van der Waals surface area contributed by atoms with Crippen LogP contribution in [0.5, 0.6) is 5.75 Å². The summed E-state index contributed by atoms with van der Waals surface area (Å²) in [5, 5.41) is 38.9. The van der Waals surface area contributed by atoms with Crippen LogP contribution in [-0.2, 0) is 39.9 Å². The highest BCUT2D eigenvalue weighted by Gasteiger charge is 2.38. The zero-order valence-electron chi connectivity index (χ0n) is 31.4. The van der Waals surface area contributed by atoms with Gasteiger partial charge in [-0.25, -0.2) is 14.6 Å². The molecule has 7 unspecified atom stereocenters. The second-order valence-corrected chi connectivity index (χ2v) is 14.3. The number of aliphatic hydroxyl groups is 2. The van der Waals surface area contributed by atoms with Gasteiger partial charge in [-0.3, -0.25) is 19.4 Å². The van der Waals surface area contributed by atoms with Crippen molar-refractivity contribution < 1.29 is 53.2 Å². The van der Waals surface area contributed by atoms with E-state index in [2.05, 4.69) is 16.1 Å². The van der Waals surface area contributed by atoms with Crippen molar-refractivity contribution in [1.29, 1.82) is 0 Å². The van der Waals surface area contributed by atoms with Crippen molar-refractivity contribution in [2.24, 2.45) is 17.8 Å². The van der Waals surface area contributed by atoms with Crippen molar-refractivity contribution in [2.45, 2.75) is 110 Å². The number of ether oxygens (including phenoxy) is 1. The average molecular weight is 757 g/mol. The van der Waals surface area contributed by atoms with Gasteiger partial charge >= 0.3 is 5.97 Å². The third-order valence-corrected chi connectivity index (χ3v) is 9.56. The van der Waals surface area contributed by atoms with E-state index >= 15 is 0 Å². The van der Waals surface area contributed by atoms with Gasteiger partial charge < -0.3 is 40.3 Å². The van der Waals surface area contributed by atoms with Gasteiger partial charge in [-0.1, -0.05) is 45.1 Å². The molecule has 15 heteroatoms. The van der Waals surface area contributed by atoms with Gasteiger partial charge in [0.2, 0.25) is 11.8 Å². The highest BCUT2D eigenvalue weighted by Crippen LogP contribution is 2.24. The highest BCUT2D eigenvalue weighted by atomic mass is 19.1. The summed E-state index contributed by atoms with van der Waals surface area (Å²) in [6.07, 6.45) is 4.48. The molecular weight excluding hydrogens is 703 g/mol. The fourth-order valence-corrected chi connectivity index (χ4v) is 6.27. The quantitative estimate of drug-likeness (QED) is 0.168. The number of aromatic hydroxyl groups is 1. The van der Waals surface area contributed by atoms with E-state index < -0.39 is 83.3 Å². The summed E-state index contributed by atoms with van der Waals surface area (Å²) in [4.78, 5) is 78.6. The average Bonchev–Trinajstić information content (AvgIpc) is 3.11. The van der Waals surface area contributed by atoms with Crippen molar-refractivity contribution in [2.75, 3.05) is 6.54 Å². The third kappa shape index (κ3) is 12.7. The first-order valence-electron chi connectivity index (χ1n) is 18.2. The Labute approximate surface area is 314 Å². The summed E-state index contributed by atoms with van der Waals surface area (Å²) in [5.41, 5.74) is 3.55. The Balaban J connectivity index is 2.09. The number of aldehydes is 1. The number of halogens is 1. The molecular formula is C39H53FN4O10. The molecule has 3 rings (SSSR count). The molecule has 7 atom stereocenters. The minimum Gasteiger partial charge on any atom is -0.508 e. The van der Waals surface area contributed by atoms with Gasteiger partial charge in [0.05, 0.1) is 18.1 Å². The zero-order chi connectivity index (χ0) is 40.1. The maximum Gasteiger partial charge on any atom is 0.330 e. The lowest BCUT2D eigenvalue weighted by Gasteiger charge is -2.36. The maximum atomic E-state index is 14.3. The number of nitrogens with one attached hydrogen (secondary N) is 3. The number of aliphatic hydroxyl groups excluding tert-OH is 2. The van der Waals surface area contributed by atoms with Gasteiger partial charge in [0.15, 0.2) is 0 Å². The molecule has 2 heterocycles. The van der Waals surface area contributed by atoms with Crippen LogP contribution in [-0.4, -0.2) is 93.0 Å². The number of benzene rings is 1. The van der Waals surface area contributed by atoms with Crippen LogP contribution in [0.4, 0.5) is 4.39 Å². The fraction of sp³-hybridized carbons (Fsp3) is 0.538. The van der Waals surface area contributed by atoms with Crippen LogP contribution in [0.3, 0.4) is 0 Å². The van der Waals surface area contributed by atoms with E-state index in [1.807, 2.05) is 0 Å². The van der Waals surface area contributed by atoms with Crippen LogP contribution in [0.1, 0.15) is 78.7 Å². The molecule has 2 aliphatic rings. The molecule has 0 spiro atoms. The smallest absolute Gasteiger partial charge is 0.330 e. The molecule has 1 aromatic carbocycles. The number of carbonyl (C=O) groups excluding carboxylic acids is 6. The lowest BCUT2D eigenvalue weighted by molar-refractivity contribution is -0.150. The number of ketones is 1. The van der Waals surface area contributed by atoms with E-state index in [4.69, 9.17) is 4.74 Å². The molecule has 0 aliphatic carbocycles. The fourth-order valence-electron chi connectivity index (χ4n) is 6.27. The third-order valence-electron chi connectivity index (χ3n) is 9.56. The molecule has 14 nitrogen and oxygen atoms in total. The molecule has 2 aliphatic heterocycles. The minimum atomic E-state index is -1.45. The molecule has 0 aromatic heterocycles.